The molecule has 10 heteroatoms. The minimum atomic E-state index is -0.743. The molecule has 0 radical (unpaired) electrons. The summed E-state index contributed by atoms with van der Waals surface area (Å²) < 4.78 is 12.4. The van der Waals surface area contributed by atoms with Gasteiger partial charge in [-0.3, -0.25) is 4.79 Å². The molecule has 0 amide bonds. The summed E-state index contributed by atoms with van der Waals surface area (Å²) in [6.07, 6.45) is 0. The van der Waals surface area contributed by atoms with Gasteiger partial charge in [-0.2, -0.15) is 4.68 Å². The van der Waals surface area contributed by atoms with Crippen molar-refractivity contribution >= 4 is 33.6 Å². The zero-order valence-electron chi connectivity index (χ0n) is 16.0. The van der Waals surface area contributed by atoms with Crippen LogP contribution in [0.15, 0.2) is 64.3 Å². The highest BCUT2D eigenvalue weighted by Crippen LogP contribution is 2.37. The number of anilines is 1. The Morgan fingerprint density at radius 2 is 1.77 bits per heavy atom. The van der Waals surface area contributed by atoms with Crippen LogP contribution < -0.4 is 10.1 Å². The predicted octanol–water partition coefficient (Wildman–Crippen LogP) is 2.77. The second-order valence-corrected chi connectivity index (χ2v) is 7.28. The fourth-order valence-corrected chi connectivity index (χ4v) is 3.50. The number of Topliss-reactive ketones (excluding diaryl/α,β-unsaturated/α-hetero) is 1. The number of hydrogen-bond donors (Lipinski definition) is 1. The van der Waals surface area contributed by atoms with Gasteiger partial charge in [0.05, 0.1) is 19.8 Å². The third kappa shape index (κ3) is 3.45. The molecular weight excluding hydrogens is 454 g/mol. The van der Waals surface area contributed by atoms with Crippen LogP contribution in [0.4, 0.5) is 5.95 Å². The van der Waals surface area contributed by atoms with Crippen LogP contribution in [0.25, 0.3) is 0 Å². The molecule has 1 aromatic heterocycles. The van der Waals surface area contributed by atoms with E-state index in [1.807, 2.05) is 0 Å². The highest BCUT2D eigenvalue weighted by atomic mass is 79.9. The molecule has 3 aromatic rings. The SMILES string of the molecule is COC(=O)C1=C(C(=O)c2ccc(Br)cc2)[C@H](c2ccc(OC)cc2)n2nnnc2N1. The lowest BCUT2D eigenvalue weighted by atomic mass is 9.89. The van der Waals surface area contributed by atoms with Crippen LogP contribution in [0, 0.1) is 0 Å². The van der Waals surface area contributed by atoms with Gasteiger partial charge < -0.3 is 14.8 Å². The average Bonchev–Trinajstić information content (AvgIpc) is 3.26. The number of fused-ring (bicyclic) bond motifs is 1. The monoisotopic (exact) mass is 469 g/mol. The van der Waals surface area contributed by atoms with Crippen LogP contribution in [-0.4, -0.2) is 46.2 Å². The summed E-state index contributed by atoms with van der Waals surface area (Å²) in [4.78, 5) is 26.1. The average molecular weight is 470 g/mol. The van der Waals surface area contributed by atoms with Gasteiger partial charge in [0.2, 0.25) is 5.95 Å². The van der Waals surface area contributed by atoms with Gasteiger partial charge in [-0.05, 0) is 52.4 Å². The highest BCUT2D eigenvalue weighted by molar-refractivity contribution is 9.10. The zero-order chi connectivity index (χ0) is 21.3. The number of rotatable bonds is 5. The number of esters is 1. The van der Waals surface area contributed by atoms with Gasteiger partial charge in [0.1, 0.15) is 17.5 Å². The Bertz CT molecular complexity index is 1140. The molecule has 0 bridgehead atoms. The van der Waals surface area contributed by atoms with Crippen LogP contribution in [0.5, 0.6) is 5.75 Å². The highest BCUT2D eigenvalue weighted by Gasteiger charge is 2.38. The summed E-state index contributed by atoms with van der Waals surface area (Å²) >= 11 is 3.36. The van der Waals surface area contributed by atoms with Crippen molar-refractivity contribution in [1.82, 2.24) is 20.2 Å². The number of methoxy groups -OCH3 is 2. The van der Waals surface area contributed by atoms with Crippen LogP contribution in [0.3, 0.4) is 0 Å². The standard InChI is InChI=1S/C20H16BrN5O4/c1-29-14-9-5-11(6-10-14)17-15(18(27)12-3-7-13(21)8-4-12)16(19(28)30-2)22-20-23-24-25-26(17)20/h3-10,17H,1-2H3,(H,22,23,25)/t17-/m0/s1. The third-order valence-corrected chi connectivity index (χ3v) is 5.22. The first-order valence-corrected chi connectivity index (χ1v) is 9.64. The van der Waals surface area contributed by atoms with Crippen molar-refractivity contribution in [3.63, 3.8) is 0 Å². The normalized spacial score (nSPS) is 15.2. The maximum atomic E-state index is 13.6. The number of benzene rings is 2. The Kier molecular flexibility index (Phi) is 5.32. The van der Waals surface area contributed by atoms with E-state index in [4.69, 9.17) is 9.47 Å². The molecule has 152 valence electrons. The van der Waals surface area contributed by atoms with Crippen molar-refractivity contribution in [2.75, 3.05) is 19.5 Å². The van der Waals surface area contributed by atoms with Gasteiger partial charge in [-0.15, -0.1) is 0 Å². The summed E-state index contributed by atoms with van der Waals surface area (Å²) in [5.74, 6) is -0.160. The second-order valence-electron chi connectivity index (χ2n) is 6.36. The molecule has 0 fully saturated rings. The van der Waals surface area contributed by atoms with E-state index in [9.17, 15) is 9.59 Å². The molecule has 2 heterocycles. The Hall–Kier alpha value is -3.53. The smallest absolute Gasteiger partial charge is 0.355 e. The number of hydrogen-bond acceptors (Lipinski definition) is 8. The number of tetrazole rings is 1. The maximum absolute atomic E-state index is 13.6. The number of allylic oxidation sites excluding steroid dienone is 1. The first-order chi connectivity index (χ1) is 14.5. The molecule has 30 heavy (non-hydrogen) atoms. The maximum Gasteiger partial charge on any atom is 0.355 e. The fourth-order valence-electron chi connectivity index (χ4n) is 3.24. The van der Waals surface area contributed by atoms with Crippen molar-refractivity contribution in [3.05, 3.63) is 75.4 Å². The topological polar surface area (TPSA) is 108 Å². The molecule has 9 nitrogen and oxygen atoms in total. The Balaban J connectivity index is 1.92. The number of carbonyl (C=O) groups excluding carboxylic acids is 2. The number of nitrogens with zero attached hydrogens (tertiary/aromatic N) is 4. The van der Waals surface area contributed by atoms with Gasteiger partial charge in [-0.25, -0.2) is 4.79 Å². The van der Waals surface area contributed by atoms with E-state index in [-0.39, 0.29) is 23.0 Å². The number of halogens is 1. The van der Waals surface area contributed by atoms with Crippen LogP contribution in [0.1, 0.15) is 22.0 Å². The predicted molar refractivity (Wildman–Crippen MR) is 110 cm³/mol. The Labute approximate surface area is 179 Å². The number of ketones is 1. The van der Waals surface area contributed by atoms with E-state index < -0.39 is 12.0 Å². The Morgan fingerprint density at radius 3 is 2.40 bits per heavy atom. The van der Waals surface area contributed by atoms with Crippen molar-refractivity contribution in [2.45, 2.75) is 6.04 Å². The molecule has 0 aliphatic carbocycles. The summed E-state index contributed by atoms with van der Waals surface area (Å²) in [7, 11) is 2.81. The molecule has 0 saturated carbocycles. The van der Waals surface area contributed by atoms with E-state index in [0.717, 1.165) is 4.47 Å². The van der Waals surface area contributed by atoms with Crippen LogP contribution >= 0.6 is 15.9 Å². The largest absolute Gasteiger partial charge is 0.497 e. The molecule has 0 spiro atoms. The molecule has 1 aliphatic rings. The minimum Gasteiger partial charge on any atom is -0.497 e. The number of nitrogens with one attached hydrogen (secondary N) is 1. The third-order valence-electron chi connectivity index (χ3n) is 4.69. The van der Waals surface area contributed by atoms with Gasteiger partial charge >= 0.3 is 5.97 Å². The lowest BCUT2D eigenvalue weighted by Gasteiger charge is -2.28. The lowest BCUT2D eigenvalue weighted by molar-refractivity contribution is -0.136. The van der Waals surface area contributed by atoms with E-state index in [1.165, 1.54) is 11.8 Å². The molecule has 0 unspecified atom stereocenters. The van der Waals surface area contributed by atoms with Crippen LogP contribution in [0.2, 0.25) is 0 Å². The lowest BCUT2D eigenvalue weighted by Crippen LogP contribution is -2.32. The summed E-state index contributed by atoms with van der Waals surface area (Å²) in [5.41, 5.74) is 1.28. The first-order valence-electron chi connectivity index (χ1n) is 8.85. The second kappa shape index (κ2) is 8.07. The molecule has 4 rings (SSSR count). The van der Waals surface area contributed by atoms with Gasteiger partial charge in [-0.1, -0.05) is 33.2 Å². The molecule has 1 N–H and O–H groups in total. The van der Waals surface area contributed by atoms with Crippen LogP contribution in [-0.2, 0) is 9.53 Å². The van der Waals surface area contributed by atoms with Crippen molar-refractivity contribution in [2.24, 2.45) is 0 Å². The molecule has 0 saturated heterocycles. The molecule has 1 aliphatic heterocycles. The Morgan fingerprint density at radius 1 is 1.07 bits per heavy atom. The minimum absolute atomic E-state index is 0.00598. The summed E-state index contributed by atoms with van der Waals surface area (Å²) in [6.45, 7) is 0. The van der Waals surface area contributed by atoms with Crippen molar-refractivity contribution in [1.29, 1.82) is 0 Å². The van der Waals surface area contributed by atoms with E-state index in [0.29, 0.717) is 16.9 Å². The summed E-state index contributed by atoms with van der Waals surface area (Å²) in [5, 5.41) is 14.5. The van der Waals surface area contributed by atoms with Gasteiger partial charge in [0, 0.05) is 10.0 Å². The van der Waals surface area contributed by atoms with Gasteiger partial charge in [0.15, 0.2) is 5.78 Å². The molecular formula is C20H16BrN5O4. The fraction of sp³-hybridized carbons (Fsp3) is 0.150. The van der Waals surface area contributed by atoms with Crippen molar-refractivity contribution < 1.29 is 19.1 Å². The summed E-state index contributed by atoms with van der Waals surface area (Å²) in [6, 6.07) is 13.2. The van der Waals surface area contributed by atoms with Gasteiger partial charge in [0.25, 0.3) is 0 Å². The first kappa shape index (κ1) is 19.8. The quantitative estimate of drug-likeness (QED) is 0.448. The number of aromatic nitrogens is 4. The van der Waals surface area contributed by atoms with E-state index in [1.54, 1.807) is 55.6 Å². The molecule has 2 aromatic carbocycles. The molecule has 1 atom stereocenters. The van der Waals surface area contributed by atoms with E-state index in [2.05, 4.69) is 36.8 Å². The zero-order valence-corrected chi connectivity index (χ0v) is 17.6. The van der Waals surface area contributed by atoms with E-state index >= 15 is 0 Å². The number of carbonyl (C=O) groups is 2. The number of ether oxygens (including phenoxy) is 2. The van der Waals surface area contributed by atoms with Crippen molar-refractivity contribution in [3.8, 4) is 5.75 Å².